The van der Waals surface area contributed by atoms with Gasteiger partial charge in [-0.3, -0.25) is 4.79 Å². The van der Waals surface area contributed by atoms with Gasteiger partial charge in [-0.1, -0.05) is 31.5 Å². The van der Waals surface area contributed by atoms with Crippen LogP contribution in [0.25, 0.3) is 0 Å². The highest BCUT2D eigenvalue weighted by atomic mass is 35.5. The fraction of sp³-hybridized carbons (Fsp3) is 0.500. The summed E-state index contributed by atoms with van der Waals surface area (Å²) in [6.07, 6.45) is 1.00. The van der Waals surface area contributed by atoms with E-state index in [1.54, 1.807) is 0 Å². The molecule has 1 aromatic carbocycles. The van der Waals surface area contributed by atoms with Gasteiger partial charge in [-0.25, -0.2) is 0 Å². The smallest absolute Gasteiger partial charge is 0.239 e. The molecule has 0 bridgehead atoms. The van der Waals surface area contributed by atoms with Gasteiger partial charge in [0.15, 0.2) is 0 Å². The molecule has 0 atom stereocenters. The molecule has 2 N–H and O–H groups in total. The second-order valence-corrected chi connectivity index (χ2v) is 5.26. The van der Waals surface area contributed by atoms with Crippen LogP contribution in [0.5, 0.6) is 0 Å². The molecule has 4 heteroatoms. The maximum absolute atomic E-state index is 11.5. The Hall–Kier alpha value is -1.22. The largest absolute Gasteiger partial charge is 0.376 e. The van der Waals surface area contributed by atoms with Gasteiger partial charge in [-0.15, -0.1) is 0 Å². The molecule has 100 valence electrons. The van der Waals surface area contributed by atoms with Crippen molar-refractivity contribution >= 4 is 23.2 Å². The molecule has 0 fully saturated rings. The Bertz CT molecular complexity index is 405. The fourth-order valence-corrected chi connectivity index (χ4v) is 1.63. The normalized spacial score (nSPS) is 10.5. The molecule has 0 aliphatic heterocycles. The lowest BCUT2D eigenvalue weighted by atomic mass is 10.1. The molecule has 1 rings (SSSR count). The van der Waals surface area contributed by atoms with Crippen molar-refractivity contribution in [1.29, 1.82) is 0 Å². The van der Waals surface area contributed by atoms with Gasteiger partial charge in [0.2, 0.25) is 5.91 Å². The van der Waals surface area contributed by atoms with Crippen LogP contribution in [-0.2, 0) is 4.79 Å². The second-order valence-electron chi connectivity index (χ2n) is 4.85. The molecule has 0 aliphatic carbocycles. The summed E-state index contributed by atoms with van der Waals surface area (Å²) < 4.78 is 0. The molecule has 0 unspecified atom stereocenters. The summed E-state index contributed by atoms with van der Waals surface area (Å²) in [4.78, 5) is 11.5. The number of amides is 1. The molecule has 1 aromatic rings. The maximum atomic E-state index is 11.5. The Morgan fingerprint density at radius 1 is 1.39 bits per heavy atom. The van der Waals surface area contributed by atoms with Gasteiger partial charge in [0.1, 0.15) is 0 Å². The molecule has 3 nitrogen and oxygen atoms in total. The van der Waals surface area contributed by atoms with Crippen LogP contribution in [0.3, 0.4) is 0 Å². The van der Waals surface area contributed by atoms with Gasteiger partial charge < -0.3 is 10.6 Å². The third-order valence-electron chi connectivity index (χ3n) is 2.67. The number of carbonyl (C=O) groups excluding carboxylic acids is 1. The first-order valence-electron chi connectivity index (χ1n) is 6.25. The van der Waals surface area contributed by atoms with E-state index in [-0.39, 0.29) is 12.5 Å². The van der Waals surface area contributed by atoms with Gasteiger partial charge in [0.05, 0.1) is 6.54 Å². The molecular weight excluding hydrogens is 248 g/mol. The highest BCUT2D eigenvalue weighted by Gasteiger charge is 2.02. The number of halogens is 1. The zero-order valence-corrected chi connectivity index (χ0v) is 12.0. The van der Waals surface area contributed by atoms with Crippen LogP contribution in [0.1, 0.15) is 25.8 Å². The van der Waals surface area contributed by atoms with Crippen LogP contribution in [0.4, 0.5) is 5.69 Å². The number of anilines is 1. The lowest BCUT2D eigenvalue weighted by Crippen LogP contribution is -2.31. The van der Waals surface area contributed by atoms with Gasteiger partial charge in [-0.05, 0) is 37.0 Å². The Morgan fingerprint density at radius 2 is 2.11 bits per heavy atom. The number of benzene rings is 1. The highest BCUT2D eigenvalue weighted by molar-refractivity contribution is 6.31. The predicted molar refractivity (Wildman–Crippen MR) is 77.1 cm³/mol. The minimum absolute atomic E-state index is 0.00680. The van der Waals surface area contributed by atoms with E-state index in [9.17, 15) is 4.79 Å². The first-order chi connectivity index (χ1) is 8.49. The van der Waals surface area contributed by atoms with E-state index < -0.39 is 0 Å². The second kappa shape index (κ2) is 7.27. The van der Waals surface area contributed by atoms with E-state index in [1.165, 1.54) is 0 Å². The lowest BCUT2D eigenvalue weighted by molar-refractivity contribution is -0.119. The van der Waals surface area contributed by atoms with Crippen molar-refractivity contribution in [1.82, 2.24) is 5.32 Å². The molecule has 1 amide bonds. The first kappa shape index (κ1) is 14.8. The third kappa shape index (κ3) is 5.41. The summed E-state index contributed by atoms with van der Waals surface area (Å²) in [6.45, 7) is 7.23. The van der Waals surface area contributed by atoms with Crippen molar-refractivity contribution < 1.29 is 4.79 Å². The summed E-state index contributed by atoms with van der Waals surface area (Å²) in [7, 11) is 0. The van der Waals surface area contributed by atoms with Gasteiger partial charge in [0.25, 0.3) is 0 Å². The van der Waals surface area contributed by atoms with Crippen molar-refractivity contribution in [3.63, 3.8) is 0 Å². The average molecular weight is 269 g/mol. The lowest BCUT2D eigenvalue weighted by Gasteiger charge is -2.09. The van der Waals surface area contributed by atoms with Gasteiger partial charge in [-0.2, -0.15) is 0 Å². The standard InChI is InChI=1S/C14H21ClN2O/c1-10(2)6-7-16-14(18)9-17-12-5-4-11(3)13(15)8-12/h4-5,8,10,17H,6-7,9H2,1-3H3,(H,16,18). The van der Waals surface area contributed by atoms with Crippen molar-refractivity contribution in [3.05, 3.63) is 28.8 Å². The number of aryl methyl sites for hydroxylation is 1. The third-order valence-corrected chi connectivity index (χ3v) is 3.08. The maximum Gasteiger partial charge on any atom is 0.239 e. The number of hydrogen-bond acceptors (Lipinski definition) is 2. The van der Waals surface area contributed by atoms with E-state index in [0.717, 1.165) is 24.2 Å². The van der Waals surface area contributed by atoms with E-state index >= 15 is 0 Å². The minimum Gasteiger partial charge on any atom is -0.376 e. The van der Waals surface area contributed by atoms with Gasteiger partial charge in [0, 0.05) is 17.3 Å². The Morgan fingerprint density at radius 3 is 2.72 bits per heavy atom. The molecule has 0 saturated carbocycles. The molecule has 0 heterocycles. The molecular formula is C14H21ClN2O. The van der Waals surface area contributed by atoms with Crippen LogP contribution < -0.4 is 10.6 Å². The summed E-state index contributed by atoms with van der Waals surface area (Å²) in [5.74, 6) is 0.613. The highest BCUT2D eigenvalue weighted by Crippen LogP contribution is 2.19. The number of rotatable bonds is 6. The van der Waals surface area contributed by atoms with E-state index in [1.807, 2.05) is 25.1 Å². The van der Waals surface area contributed by atoms with Crippen LogP contribution in [0.2, 0.25) is 5.02 Å². The van der Waals surface area contributed by atoms with Crippen molar-refractivity contribution in [2.75, 3.05) is 18.4 Å². The van der Waals surface area contributed by atoms with Crippen LogP contribution in [0.15, 0.2) is 18.2 Å². The van der Waals surface area contributed by atoms with Crippen molar-refractivity contribution in [3.8, 4) is 0 Å². The van der Waals surface area contributed by atoms with Crippen LogP contribution in [0, 0.1) is 12.8 Å². The Balaban J connectivity index is 2.31. The monoisotopic (exact) mass is 268 g/mol. The average Bonchev–Trinajstić information content (AvgIpc) is 2.30. The summed E-state index contributed by atoms with van der Waals surface area (Å²) in [6, 6.07) is 5.68. The zero-order chi connectivity index (χ0) is 13.5. The SMILES string of the molecule is Cc1ccc(NCC(=O)NCCC(C)C)cc1Cl. The topological polar surface area (TPSA) is 41.1 Å². The van der Waals surface area contributed by atoms with E-state index in [0.29, 0.717) is 10.9 Å². The molecule has 0 radical (unpaired) electrons. The quantitative estimate of drug-likeness (QED) is 0.832. The fourth-order valence-electron chi connectivity index (χ4n) is 1.45. The van der Waals surface area contributed by atoms with Crippen LogP contribution in [-0.4, -0.2) is 19.0 Å². The predicted octanol–water partition coefficient (Wildman–Crippen LogP) is 3.22. The number of nitrogens with one attached hydrogen (secondary N) is 2. The Kier molecular flexibility index (Phi) is 5.99. The zero-order valence-electron chi connectivity index (χ0n) is 11.2. The van der Waals surface area contributed by atoms with Crippen molar-refractivity contribution in [2.45, 2.75) is 27.2 Å². The number of carbonyl (C=O) groups is 1. The van der Waals surface area contributed by atoms with Crippen LogP contribution >= 0.6 is 11.6 Å². The molecule has 0 saturated heterocycles. The molecule has 18 heavy (non-hydrogen) atoms. The summed E-state index contributed by atoms with van der Waals surface area (Å²) in [5, 5.41) is 6.64. The molecule has 0 spiro atoms. The van der Waals surface area contributed by atoms with E-state index in [4.69, 9.17) is 11.6 Å². The first-order valence-corrected chi connectivity index (χ1v) is 6.63. The summed E-state index contributed by atoms with van der Waals surface area (Å²) in [5.41, 5.74) is 1.90. The number of hydrogen-bond donors (Lipinski definition) is 2. The summed E-state index contributed by atoms with van der Waals surface area (Å²) >= 11 is 6.01. The molecule has 0 aliphatic rings. The minimum atomic E-state index is 0.00680. The van der Waals surface area contributed by atoms with E-state index in [2.05, 4.69) is 24.5 Å². The van der Waals surface area contributed by atoms with Crippen molar-refractivity contribution in [2.24, 2.45) is 5.92 Å². The van der Waals surface area contributed by atoms with Gasteiger partial charge >= 0.3 is 0 Å². The molecule has 0 aromatic heterocycles. The Labute approximate surface area is 114 Å².